The molecule has 8 aromatic carbocycles. The van der Waals surface area contributed by atoms with E-state index in [0.29, 0.717) is 10.9 Å². The van der Waals surface area contributed by atoms with E-state index in [1.807, 2.05) is 18.2 Å². The number of halogens is 2. The minimum Gasteiger partial charge on any atom is -0.309 e. The summed E-state index contributed by atoms with van der Waals surface area (Å²) in [4.78, 5) is 2.16. The van der Waals surface area contributed by atoms with Crippen molar-refractivity contribution in [3.8, 4) is 28.6 Å². The van der Waals surface area contributed by atoms with Crippen LogP contribution in [-0.4, -0.2) is 9.13 Å². The van der Waals surface area contributed by atoms with Crippen molar-refractivity contribution in [2.24, 2.45) is 0 Å². The van der Waals surface area contributed by atoms with Crippen molar-refractivity contribution in [1.29, 1.82) is 5.26 Å². The molecule has 0 unspecified atom stereocenters. The van der Waals surface area contributed by atoms with Crippen molar-refractivity contribution in [2.45, 2.75) is 0 Å². The molecular formula is C51H30F2N4S. The Morgan fingerprint density at radius 2 is 0.931 bits per heavy atom. The van der Waals surface area contributed by atoms with E-state index in [4.69, 9.17) is 0 Å². The number of nitrogens with zero attached hydrogens (tertiary/aromatic N) is 4. The second-order valence-corrected chi connectivity index (χ2v) is 15.2. The molecule has 0 amide bonds. The lowest BCUT2D eigenvalue weighted by Gasteiger charge is -2.26. The molecule has 0 fully saturated rings. The van der Waals surface area contributed by atoms with Gasteiger partial charge < -0.3 is 14.0 Å². The Morgan fingerprint density at radius 1 is 0.500 bits per heavy atom. The van der Waals surface area contributed by atoms with E-state index in [-0.39, 0.29) is 11.1 Å². The third-order valence-electron chi connectivity index (χ3n) is 11.2. The van der Waals surface area contributed by atoms with Crippen LogP contribution in [-0.2, 0) is 0 Å². The molecule has 0 aliphatic heterocycles. The van der Waals surface area contributed by atoms with Crippen LogP contribution in [0.5, 0.6) is 0 Å². The molecule has 0 radical (unpaired) electrons. The van der Waals surface area contributed by atoms with Gasteiger partial charge in [-0.3, -0.25) is 0 Å². The lowest BCUT2D eigenvalue weighted by molar-refractivity contribution is 0.589. The standard InChI is InChI=1S/C51H30F2N4S/c52-42-28-32(30-54)29-43(53)50(42)41-14-9-19-49-51(41)48(31-58-49)55(33-20-24-35(25-21-33)56-44-15-5-1-10-37(44)38-11-2-6-16-45(38)56)34-22-26-36(27-23-34)57-46-17-7-3-12-39(46)40-13-4-8-18-47(40)57/h1-29,31H. The van der Waals surface area contributed by atoms with Crippen LogP contribution in [0.1, 0.15) is 5.56 Å². The number of para-hydroxylation sites is 4. The smallest absolute Gasteiger partial charge is 0.135 e. The van der Waals surface area contributed by atoms with Gasteiger partial charge in [-0.05, 0) is 96.6 Å². The number of hydrogen-bond acceptors (Lipinski definition) is 3. The Labute approximate surface area is 335 Å². The first-order chi connectivity index (χ1) is 28.6. The van der Waals surface area contributed by atoms with E-state index >= 15 is 8.78 Å². The molecule has 0 spiro atoms. The van der Waals surface area contributed by atoms with Gasteiger partial charge >= 0.3 is 0 Å². The number of rotatable bonds is 6. The molecule has 0 aliphatic rings. The molecule has 11 aromatic rings. The Kier molecular flexibility index (Phi) is 7.75. The van der Waals surface area contributed by atoms with Gasteiger partial charge in [-0.1, -0.05) is 84.9 Å². The van der Waals surface area contributed by atoms with Crippen LogP contribution in [0, 0.1) is 23.0 Å². The van der Waals surface area contributed by atoms with Crippen LogP contribution >= 0.6 is 11.3 Å². The van der Waals surface area contributed by atoms with Crippen LogP contribution in [0.25, 0.3) is 76.2 Å². The van der Waals surface area contributed by atoms with Crippen LogP contribution in [0.3, 0.4) is 0 Å². The largest absolute Gasteiger partial charge is 0.309 e. The minimum absolute atomic E-state index is 0.0650. The molecule has 0 aliphatic carbocycles. The lowest BCUT2D eigenvalue weighted by Crippen LogP contribution is -2.10. The summed E-state index contributed by atoms with van der Waals surface area (Å²) in [6.07, 6.45) is 0. The molecule has 3 heterocycles. The second kappa shape index (κ2) is 13.3. The summed E-state index contributed by atoms with van der Waals surface area (Å²) >= 11 is 1.52. The maximum absolute atomic E-state index is 15.8. The zero-order chi connectivity index (χ0) is 38.9. The lowest BCUT2D eigenvalue weighted by atomic mass is 9.98. The van der Waals surface area contributed by atoms with Gasteiger partial charge in [0.2, 0.25) is 0 Å². The van der Waals surface area contributed by atoms with Gasteiger partial charge in [-0.25, -0.2) is 8.78 Å². The maximum Gasteiger partial charge on any atom is 0.135 e. The average Bonchev–Trinajstić information content (AvgIpc) is 3.95. The maximum atomic E-state index is 15.8. The third-order valence-corrected chi connectivity index (χ3v) is 12.1. The summed E-state index contributed by atoms with van der Waals surface area (Å²) in [6.45, 7) is 0. The highest BCUT2D eigenvalue weighted by molar-refractivity contribution is 7.18. The summed E-state index contributed by atoms with van der Waals surface area (Å²) in [6, 6.07) is 60.3. The van der Waals surface area contributed by atoms with E-state index < -0.39 is 11.6 Å². The number of benzene rings is 8. The number of anilines is 3. The van der Waals surface area contributed by atoms with Crippen LogP contribution in [0.2, 0.25) is 0 Å². The first kappa shape index (κ1) is 33.8. The molecule has 58 heavy (non-hydrogen) atoms. The first-order valence-corrected chi connectivity index (χ1v) is 19.8. The zero-order valence-corrected chi connectivity index (χ0v) is 31.6. The summed E-state index contributed by atoms with van der Waals surface area (Å²) in [5, 5.41) is 16.9. The Morgan fingerprint density at radius 3 is 1.36 bits per heavy atom. The minimum atomic E-state index is -0.779. The number of nitriles is 1. The fraction of sp³-hybridized carbons (Fsp3) is 0. The highest BCUT2D eigenvalue weighted by atomic mass is 32.1. The van der Waals surface area contributed by atoms with Gasteiger partial charge in [0, 0.05) is 59.8 Å². The number of fused-ring (bicyclic) bond motifs is 7. The molecule has 11 rings (SSSR count). The molecule has 0 atom stereocenters. The summed E-state index contributed by atoms with van der Waals surface area (Å²) in [5.74, 6) is -1.56. The number of hydrogen-bond donors (Lipinski definition) is 0. The van der Waals surface area contributed by atoms with E-state index in [1.165, 1.54) is 32.9 Å². The fourth-order valence-corrected chi connectivity index (χ4v) is 9.62. The zero-order valence-electron chi connectivity index (χ0n) is 30.8. The molecule has 0 bridgehead atoms. The molecule has 0 saturated heterocycles. The van der Waals surface area contributed by atoms with Gasteiger partial charge in [0.15, 0.2) is 0 Å². The molecule has 274 valence electrons. The van der Waals surface area contributed by atoms with Crippen molar-refractivity contribution in [1.82, 2.24) is 9.13 Å². The van der Waals surface area contributed by atoms with E-state index in [9.17, 15) is 5.26 Å². The third kappa shape index (κ3) is 5.16. The highest BCUT2D eigenvalue weighted by Crippen LogP contribution is 2.47. The Bertz CT molecular complexity index is 3150. The molecule has 0 N–H and O–H groups in total. The normalized spacial score (nSPS) is 11.6. The molecule has 4 nitrogen and oxygen atoms in total. The van der Waals surface area contributed by atoms with Crippen LogP contribution in [0.15, 0.2) is 181 Å². The molecule has 0 saturated carbocycles. The van der Waals surface area contributed by atoms with Crippen molar-refractivity contribution in [2.75, 3.05) is 4.90 Å². The van der Waals surface area contributed by atoms with Crippen LogP contribution in [0.4, 0.5) is 25.8 Å². The van der Waals surface area contributed by atoms with Gasteiger partial charge in [0.05, 0.1) is 45.0 Å². The van der Waals surface area contributed by atoms with E-state index in [0.717, 1.165) is 67.3 Å². The molecule has 3 aromatic heterocycles. The predicted molar refractivity (Wildman–Crippen MR) is 235 cm³/mol. The van der Waals surface area contributed by atoms with E-state index in [1.54, 1.807) is 6.07 Å². The number of thiophene rings is 1. The highest BCUT2D eigenvalue weighted by Gasteiger charge is 2.24. The molecular weight excluding hydrogens is 739 g/mol. The van der Waals surface area contributed by atoms with Gasteiger partial charge in [-0.15, -0.1) is 11.3 Å². The van der Waals surface area contributed by atoms with Gasteiger partial charge in [0.1, 0.15) is 11.6 Å². The second-order valence-electron chi connectivity index (χ2n) is 14.3. The van der Waals surface area contributed by atoms with Gasteiger partial charge in [0.25, 0.3) is 0 Å². The van der Waals surface area contributed by atoms with Crippen molar-refractivity contribution >= 4 is 82.1 Å². The predicted octanol–water partition coefficient (Wildman–Crippen LogP) is 14.4. The summed E-state index contributed by atoms with van der Waals surface area (Å²) < 4.78 is 37.0. The summed E-state index contributed by atoms with van der Waals surface area (Å²) in [7, 11) is 0. The number of aromatic nitrogens is 2. The first-order valence-electron chi connectivity index (χ1n) is 18.9. The quantitative estimate of drug-likeness (QED) is 0.169. The molecule has 7 heteroatoms. The summed E-state index contributed by atoms with van der Waals surface area (Å²) in [5.41, 5.74) is 9.24. The SMILES string of the molecule is N#Cc1cc(F)c(-c2cccc3scc(N(c4ccc(-n5c6ccccc6c6ccccc65)cc4)c4ccc(-n5c6ccccc6c6ccccc65)cc4)c23)c(F)c1. The van der Waals surface area contributed by atoms with Gasteiger partial charge in [-0.2, -0.15) is 5.26 Å². The van der Waals surface area contributed by atoms with Crippen molar-refractivity contribution in [3.05, 3.63) is 199 Å². The average molecular weight is 769 g/mol. The van der Waals surface area contributed by atoms with Crippen molar-refractivity contribution < 1.29 is 8.78 Å². The topological polar surface area (TPSA) is 36.9 Å². The fourth-order valence-electron chi connectivity index (χ4n) is 8.67. The van der Waals surface area contributed by atoms with Crippen LogP contribution < -0.4 is 4.90 Å². The Hall–Kier alpha value is -7.53. The van der Waals surface area contributed by atoms with Crippen molar-refractivity contribution in [3.63, 3.8) is 0 Å². The monoisotopic (exact) mass is 768 g/mol. The van der Waals surface area contributed by atoms with E-state index in [2.05, 4.69) is 165 Å². The Balaban J connectivity index is 1.11.